The first-order valence-electron chi connectivity index (χ1n) is 8.05. The van der Waals surface area contributed by atoms with Gasteiger partial charge in [0.25, 0.3) is 0 Å². The highest BCUT2D eigenvalue weighted by atomic mass is 16.6. The van der Waals surface area contributed by atoms with Crippen molar-refractivity contribution in [1.82, 2.24) is 20.6 Å². The molecule has 0 atom stereocenters. The third-order valence-corrected chi connectivity index (χ3v) is 3.52. The molecule has 10 nitrogen and oxygen atoms in total. The molecule has 25 heavy (non-hydrogen) atoms. The molecule has 10 heteroatoms. The number of nitrogens with zero attached hydrogens (tertiary/aromatic N) is 3. The number of hydroxylamine groups is 2. The minimum absolute atomic E-state index is 0.133. The van der Waals surface area contributed by atoms with Gasteiger partial charge in [0.2, 0.25) is 5.79 Å². The molecule has 2 aliphatic rings. The van der Waals surface area contributed by atoms with Crippen molar-refractivity contribution in [2.45, 2.75) is 26.1 Å². The quantitative estimate of drug-likeness (QED) is 0.498. The van der Waals surface area contributed by atoms with Crippen LogP contribution in [0, 0.1) is 0 Å². The topological polar surface area (TPSA) is 116 Å². The van der Waals surface area contributed by atoms with E-state index in [1.54, 1.807) is 13.8 Å². The summed E-state index contributed by atoms with van der Waals surface area (Å²) in [5.74, 6) is -1.29. The molecule has 0 saturated carbocycles. The molecule has 2 aliphatic heterocycles. The van der Waals surface area contributed by atoms with Gasteiger partial charge in [0, 0.05) is 19.2 Å². The highest BCUT2D eigenvalue weighted by Gasteiger charge is 2.41. The maximum absolute atomic E-state index is 11.9. The van der Waals surface area contributed by atoms with E-state index in [9.17, 15) is 14.8 Å². The van der Waals surface area contributed by atoms with E-state index in [0.717, 1.165) is 19.3 Å². The number of alkyl carbamates (subject to hydrolysis) is 2. The Morgan fingerprint density at radius 1 is 1.24 bits per heavy atom. The number of carbonyl (C=O) groups is 2. The Morgan fingerprint density at radius 3 is 2.40 bits per heavy atom. The molecule has 0 aromatic carbocycles. The van der Waals surface area contributed by atoms with Crippen LogP contribution in [-0.2, 0) is 9.47 Å². The lowest BCUT2D eigenvalue weighted by Gasteiger charge is -2.40. The summed E-state index contributed by atoms with van der Waals surface area (Å²) in [4.78, 5) is 29.9. The van der Waals surface area contributed by atoms with Gasteiger partial charge < -0.3 is 14.4 Å². The predicted molar refractivity (Wildman–Crippen MR) is 88.6 cm³/mol. The summed E-state index contributed by atoms with van der Waals surface area (Å²) in [7, 11) is 0. The van der Waals surface area contributed by atoms with Crippen molar-refractivity contribution >= 4 is 18.5 Å². The maximum Gasteiger partial charge on any atom is 0.410 e. The zero-order valence-electron chi connectivity index (χ0n) is 14.3. The van der Waals surface area contributed by atoms with E-state index in [4.69, 9.17) is 9.47 Å². The van der Waals surface area contributed by atoms with Crippen molar-refractivity contribution < 1.29 is 24.3 Å². The fourth-order valence-corrected chi connectivity index (χ4v) is 2.38. The average molecular weight is 353 g/mol. The Morgan fingerprint density at radius 2 is 1.88 bits per heavy atom. The Hall–Kier alpha value is -2.75. The molecule has 0 unspecified atom stereocenters. The number of rotatable bonds is 5. The van der Waals surface area contributed by atoms with E-state index in [0.29, 0.717) is 17.4 Å². The molecular formula is C15H23N5O5. The van der Waals surface area contributed by atoms with Crippen LogP contribution in [0.2, 0.25) is 0 Å². The van der Waals surface area contributed by atoms with Crippen LogP contribution in [0.25, 0.3) is 0 Å². The third-order valence-electron chi connectivity index (χ3n) is 3.52. The van der Waals surface area contributed by atoms with Gasteiger partial charge in [-0.05, 0) is 20.3 Å². The molecule has 0 radical (unpaired) electrons. The van der Waals surface area contributed by atoms with Gasteiger partial charge in [-0.15, -0.1) is 0 Å². The first-order valence-corrected chi connectivity index (χ1v) is 8.05. The Bertz CT molecular complexity index is 569. The molecule has 0 aromatic heterocycles. The highest BCUT2D eigenvalue weighted by Crippen LogP contribution is 2.21. The van der Waals surface area contributed by atoms with Crippen LogP contribution >= 0.6 is 0 Å². The van der Waals surface area contributed by atoms with E-state index in [2.05, 4.69) is 21.7 Å². The number of hydrogen-bond acceptors (Lipinski definition) is 8. The molecule has 0 saturated heterocycles. The second-order valence-corrected chi connectivity index (χ2v) is 5.26. The Kier molecular flexibility index (Phi) is 6.23. The van der Waals surface area contributed by atoms with Crippen LogP contribution in [0.15, 0.2) is 29.0 Å². The van der Waals surface area contributed by atoms with Crippen molar-refractivity contribution in [3.8, 4) is 0 Å². The number of carbonyl (C=O) groups excluding carboxylic acids is 2. The largest absolute Gasteiger partial charge is 0.450 e. The second kappa shape index (κ2) is 8.38. The van der Waals surface area contributed by atoms with Crippen molar-refractivity contribution in [2.24, 2.45) is 4.99 Å². The highest BCUT2D eigenvalue weighted by molar-refractivity contribution is 5.75. The van der Waals surface area contributed by atoms with Crippen LogP contribution in [0.3, 0.4) is 0 Å². The first-order chi connectivity index (χ1) is 12.0. The monoisotopic (exact) mass is 353 g/mol. The fraction of sp³-hybridized carbons (Fsp3) is 0.533. The zero-order chi connectivity index (χ0) is 18.3. The van der Waals surface area contributed by atoms with Gasteiger partial charge in [0.1, 0.15) is 12.2 Å². The van der Waals surface area contributed by atoms with E-state index in [1.807, 2.05) is 11.0 Å². The van der Waals surface area contributed by atoms with Crippen LogP contribution in [0.5, 0.6) is 0 Å². The molecule has 2 heterocycles. The summed E-state index contributed by atoms with van der Waals surface area (Å²) >= 11 is 0. The summed E-state index contributed by atoms with van der Waals surface area (Å²) in [5.41, 5.74) is 0. The number of hydrogen-bond donors (Lipinski definition) is 3. The molecule has 2 amide bonds. The van der Waals surface area contributed by atoms with Gasteiger partial charge in [0.15, 0.2) is 0 Å². The fourth-order valence-electron chi connectivity index (χ4n) is 2.38. The SMILES string of the molecule is CCOC(=O)NC1(NC(=O)OCC)C=C(N2CC=CCC2)N=CN1O. The molecule has 0 spiro atoms. The maximum atomic E-state index is 11.9. The molecule has 2 rings (SSSR count). The van der Waals surface area contributed by atoms with Gasteiger partial charge in [-0.1, -0.05) is 12.2 Å². The number of nitrogens with one attached hydrogen (secondary N) is 2. The average Bonchev–Trinajstić information content (AvgIpc) is 2.58. The minimum Gasteiger partial charge on any atom is -0.450 e. The molecule has 0 fully saturated rings. The van der Waals surface area contributed by atoms with Gasteiger partial charge in [-0.2, -0.15) is 5.06 Å². The summed E-state index contributed by atoms with van der Waals surface area (Å²) in [6.45, 7) is 4.91. The number of aliphatic imine (C=N–C) groups is 1. The van der Waals surface area contributed by atoms with Crippen LogP contribution in [0.4, 0.5) is 9.59 Å². The lowest BCUT2D eigenvalue weighted by Crippen LogP contribution is -2.69. The Labute approximate surface area is 145 Å². The Balaban J connectivity index is 2.30. The van der Waals surface area contributed by atoms with Gasteiger partial charge in [-0.3, -0.25) is 15.8 Å². The van der Waals surface area contributed by atoms with Crippen LogP contribution < -0.4 is 10.6 Å². The first kappa shape index (κ1) is 18.6. The molecule has 0 bridgehead atoms. The third kappa shape index (κ3) is 4.63. The minimum atomic E-state index is -1.78. The van der Waals surface area contributed by atoms with Gasteiger partial charge in [-0.25, -0.2) is 14.6 Å². The van der Waals surface area contributed by atoms with Crippen molar-refractivity contribution in [3.63, 3.8) is 0 Å². The smallest absolute Gasteiger partial charge is 0.410 e. The lowest BCUT2D eigenvalue weighted by molar-refractivity contribution is -0.107. The van der Waals surface area contributed by atoms with E-state index in [-0.39, 0.29) is 13.2 Å². The van der Waals surface area contributed by atoms with Crippen molar-refractivity contribution in [3.05, 3.63) is 24.0 Å². The van der Waals surface area contributed by atoms with Gasteiger partial charge >= 0.3 is 12.2 Å². The molecular weight excluding hydrogens is 330 g/mol. The van der Waals surface area contributed by atoms with E-state index >= 15 is 0 Å². The number of ether oxygens (including phenoxy) is 2. The zero-order valence-corrected chi connectivity index (χ0v) is 14.3. The van der Waals surface area contributed by atoms with Crippen LogP contribution in [0.1, 0.15) is 20.3 Å². The summed E-state index contributed by atoms with van der Waals surface area (Å²) in [6, 6.07) is 0. The van der Waals surface area contributed by atoms with Crippen molar-refractivity contribution in [1.29, 1.82) is 0 Å². The van der Waals surface area contributed by atoms with Crippen molar-refractivity contribution in [2.75, 3.05) is 26.3 Å². The lowest BCUT2D eigenvalue weighted by atomic mass is 10.2. The normalized spacial score (nSPS) is 18.4. The summed E-state index contributed by atoms with van der Waals surface area (Å²) < 4.78 is 9.72. The second-order valence-electron chi connectivity index (χ2n) is 5.26. The molecule has 3 N–H and O–H groups in total. The predicted octanol–water partition coefficient (Wildman–Crippen LogP) is 0.969. The van der Waals surface area contributed by atoms with Crippen LogP contribution in [-0.4, -0.2) is 65.8 Å². The number of amides is 2. The molecule has 0 aromatic rings. The summed E-state index contributed by atoms with van der Waals surface area (Å²) in [5, 5.41) is 15.7. The molecule has 138 valence electrons. The standard InChI is InChI=1S/C15H23N5O5/c1-3-24-13(21)17-15(18-14(22)25-4-2)10-12(16-11-20(15)23)19-8-6-5-7-9-19/h5-6,10-11,23H,3-4,7-9H2,1-2H3,(H,17,21)(H,18,22). The van der Waals surface area contributed by atoms with Gasteiger partial charge in [0.05, 0.1) is 13.2 Å². The van der Waals surface area contributed by atoms with E-state index in [1.165, 1.54) is 6.08 Å². The van der Waals surface area contributed by atoms with E-state index < -0.39 is 18.0 Å². The molecule has 0 aliphatic carbocycles. The summed E-state index contributed by atoms with van der Waals surface area (Å²) in [6.07, 6.45) is 5.80.